The van der Waals surface area contributed by atoms with Gasteiger partial charge in [0.1, 0.15) is 0 Å². The number of hydrogen-bond donors (Lipinski definition) is 0. The van der Waals surface area contributed by atoms with Crippen molar-refractivity contribution >= 4 is 5.91 Å². The zero-order valence-electron chi connectivity index (χ0n) is 9.20. The number of likely N-dealkylation sites (tertiary alicyclic amines) is 1. The molecule has 3 nitrogen and oxygen atoms in total. The molecule has 14 heavy (non-hydrogen) atoms. The van der Waals surface area contributed by atoms with Gasteiger partial charge in [0, 0.05) is 20.1 Å². The number of hydrogen-bond acceptors (Lipinski definition) is 2. The van der Waals surface area contributed by atoms with E-state index in [4.69, 9.17) is 0 Å². The van der Waals surface area contributed by atoms with Crippen LogP contribution < -0.4 is 0 Å². The summed E-state index contributed by atoms with van der Waals surface area (Å²) in [6.07, 6.45) is 6.03. The van der Waals surface area contributed by atoms with E-state index >= 15 is 0 Å². The largest absolute Gasteiger partial charge is 0.341 e. The molecule has 0 spiro atoms. The highest BCUT2D eigenvalue weighted by atomic mass is 16.2. The van der Waals surface area contributed by atoms with E-state index in [0.717, 1.165) is 13.1 Å². The molecule has 0 N–H and O–H groups in total. The van der Waals surface area contributed by atoms with Gasteiger partial charge in [-0.25, -0.2) is 0 Å². The van der Waals surface area contributed by atoms with E-state index in [1.807, 2.05) is 14.0 Å². The van der Waals surface area contributed by atoms with Gasteiger partial charge in [-0.2, -0.15) is 0 Å². The Labute approximate surface area is 86.4 Å². The smallest absolute Gasteiger partial charge is 0.246 e. The Hall–Kier alpha value is -0.830. The second-order valence-corrected chi connectivity index (χ2v) is 3.81. The topological polar surface area (TPSA) is 23.6 Å². The lowest BCUT2D eigenvalue weighted by Gasteiger charge is -2.20. The molecule has 0 saturated carbocycles. The molecule has 0 unspecified atom stereocenters. The summed E-state index contributed by atoms with van der Waals surface area (Å²) in [4.78, 5) is 15.6. The Balaban J connectivity index is 2.19. The summed E-state index contributed by atoms with van der Waals surface area (Å²) < 4.78 is 0. The van der Waals surface area contributed by atoms with E-state index in [1.165, 1.54) is 25.9 Å². The number of carbonyl (C=O) groups is 1. The van der Waals surface area contributed by atoms with Crippen molar-refractivity contribution in [2.24, 2.45) is 0 Å². The molecule has 1 amide bonds. The van der Waals surface area contributed by atoms with Crippen molar-refractivity contribution in [3.63, 3.8) is 0 Å². The summed E-state index contributed by atoms with van der Waals surface area (Å²) in [5, 5.41) is 0. The highest BCUT2D eigenvalue weighted by Gasteiger charge is 2.12. The molecule has 1 aliphatic heterocycles. The summed E-state index contributed by atoms with van der Waals surface area (Å²) in [6.45, 7) is 6.12. The van der Waals surface area contributed by atoms with Gasteiger partial charge in [-0.15, -0.1) is 0 Å². The quantitative estimate of drug-likeness (QED) is 0.629. The Morgan fingerprint density at radius 1 is 1.43 bits per heavy atom. The monoisotopic (exact) mass is 196 g/mol. The Morgan fingerprint density at radius 3 is 2.64 bits per heavy atom. The minimum absolute atomic E-state index is 0.103. The fraction of sp³-hybridized carbons (Fsp3) is 0.727. The van der Waals surface area contributed by atoms with E-state index < -0.39 is 0 Å². The van der Waals surface area contributed by atoms with E-state index in [9.17, 15) is 4.79 Å². The van der Waals surface area contributed by atoms with Crippen LogP contribution in [-0.2, 0) is 4.79 Å². The van der Waals surface area contributed by atoms with Gasteiger partial charge in [0.15, 0.2) is 0 Å². The van der Waals surface area contributed by atoms with Gasteiger partial charge >= 0.3 is 0 Å². The van der Waals surface area contributed by atoms with Crippen molar-refractivity contribution in [3.8, 4) is 0 Å². The summed E-state index contributed by atoms with van der Waals surface area (Å²) in [6, 6.07) is 0. The van der Waals surface area contributed by atoms with Gasteiger partial charge in [0.2, 0.25) is 5.91 Å². The van der Waals surface area contributed by atoms with Crippen LogP contribution in [-0.4, -0.2) is 48.9 Å². The minimum Gasteiger partial charge on any atom is -0.341 e. The molecule has 1 fully saturated rings. The first-order valence-electron chi connectivity index (χ1n) is 5.34. The SMILES string of the molecule is CC=CC(=O)N(C)CCN1CCCC1. The average Bonchev–Trinajstić information content (AvgIpc) is 2.67. The van der Waals surface area contributed by atoms with Gasteiger partial charge in [-0.05, 0) is 38.9 Å². The molecule has 0 aromatic rings. The third kappa shape index (κ3) is 3.50. The van der Waals surface area contributed by atoms with Crippen molar-refractivity contribution < 1.29 is 4.79 Å². The molecule has 1 saturated heterocycles. The molecule has 0 aromatic heterocycles. The standard InChI is InChI=1S/C11H20N2O/c1-3-6-11(14)12(2)9-10-13-7-4-5-8-13/h3,6H,4-5,7-10H2,1-2H3. The van der Waals surface area contributed by atoms with Gasteiger partial charge in [-0.1, -0.05) is 6.08 Å². The average molecular weight is 196 g/mol. The number of amides is 1. The fourth-order valence-electron chi connectivity index (χ4n) is 1.68. The summed E-state index contributed by atoms with van der Waals surface area (Å²) in [7, 11) is 1.86. The molecule has 0 bridgehead atoms. The highest BCUT2D eigenvalue weighted by Crippen LogP contribution is 2.06. The van der Waals surface area contributed by atoms with Gasteiger partial charge in [0.05, 0.1) is 0 Å². The van der Waals surface area contributed by atoms with Crippen molar-refractivity contribution in [3.05, 3.63) is 12.2 Å². The number of rotatable bonds is 4. The summed E-state index contributed by atoms with van der Waals surface area (Å²) >= 11 is 0. The van der Waals surface area contributed by atoms with Crippen LogP contribution in [0.2, 0.25) is 0 Å². The molecule has 1 heterocycles. The van der Waals surface area contributed by atoms with Gasteiger partial charge in [-0.3, -0.25) is 4.79 Å². The molecular formula is C11H20N2O. The van der Waals surface area contributed by atoms with Crippen molar-refractivity contribution in [1.29, 1.82) is 0 Å². The Bertz CT molecular complexity index is 207. The zero-order chi connectivity index (χ0) is 10.4. The number of carbonyl (C=O) groups excluding carboxylic acids is 1. The molecule has 80 valence electrons. The minimum atomic E-state index is 0.103. The van der Waals surface area contributed by atoms with E-state index in [2.05, 4.69) is 4.90 Å². The molecule has 0 aliphatic carbocycles. The lowest BCUT2D eigenvalue weighted by Crippen LogP contribution is -2.34. The number of allylic oxidation sites excluding steroid dienone is 1. The first-order chi connectivity index (χ1) is 6.74. The molecule has 0 aromatic carbocycles. The Kier molecular flexibility index (Phi) is 4.66. The van der Waals surface area contributed by atoms with Crippen molar-refractivity contribution in [1.82, 2.24) is 9.80 Å². The van der Waals surface area contributed by atoms with E-state index in [-0.39, 0.29) is 5.91 Å². The van der Waals surface area contributed by atoms with Crippen LogP contribution >= 0.6 is 0 Å². The zero-order valence-corrected chi connectivity index (χ0v) is 9.20. The normalized spacial score (nSPS) is 17.9. The second-order valence-electron chi connectivity index (χ2n) is 3.81. The summed E-state index contributed by atoms with van der Waals surface area (Å²) in [5.74, 6) is 0.103. The van der Waals surface area contributed by atoms with Crippen LogP contribution in [0.3, 0.4) is 0 Å². The first kappa shape index (κ1) is 11.2. The van der Waals surface area contributed by atoms with Crippen molar-refractivity contribution in [2.45, 2.75) is 19.8 Å². The molecule has 0 radical (unpaired) electrons. The van der Waals surface area contributed by atoms with Gasteiger partial charge < -0.3 is 9.80 Å². The van der Waals surface area contributed by atoms with Crippen molar-refractivity contribution in [2.75, 3.05) is 33.2 Å². The van der Waals surface area contributed by atoms with Crippen LogP contribution in [0.4, 0.5) is 0 Å². The van der Waals surface area contributed by atoms with Crippen LogP contribution in [0.5, 0.6) is 0 Å². The van der Waals surface area contributed by atoms with Crippen LogP contribution in [0.15, 0.2) is 12.2 Å². The lowest BCUT2D eigenvalue weighted by molar-refractivity contribution is -0.124. The van der Waals surface area contributed by atoms with E-state index in [0.29, 0.717) is 0 Å². The maximum atomic E-state index is 11.4. The molecule has 1 aliphatic rings. The predicted octanol–water partition coefficient (Wildman–Crippen LogP) is 1.12. The second kappa shape index (κ2) is 5.81. The van der Waals surface area contributed by atoms with Crippen LogP contribution in [0, 0.1) is 0 Å². The molecule has 3 heteroatoms. The predicted molar refractivity (Wildman–Crippen MR) is 58.1 cm³/mol. The van der Waals surface area contributed by atoms with Crippen LogP contribution in [0.25, 0.3) is 0 Å². The molecule has 0 atom stereocenters. The maximum absolute atomic E-state index is 11.4. The Morgan fingerprint density at radius 2 is 2.07 bits per heavy atom. The molecule has 1 rings (SSSR count). The molecular weight excluding hydrogens is 176 g/mol. The third-order valence-corrected chi connectivity index (χ3v) is 2.64. The lowest BCUT2D eigenvalue weighted by atomic mass is 10.4. The highest BCUT2D eigenvalue weighted by molar-refractivity contribution is 5.87. The van der Waals surface area contributed by atoms with Crippen LogP contribution in [0.1, 0.15) is 19.8 Å². The maximum Gasteiger partial charge on any atom is 0.246 e. The van der Waals surface area contributed by atoms with Gasteiger partial charge in [0.25, 0.3) is 0 Å². The fourth-order valence-corrected chi connectivity index (χ4v) is 1.68. The number of likely N-dealkylation sites (N-methyl/N-ethyl adjacent to an activating group) is 1. The first-order valence-corrected chi connectivity index (χ1v) is 5.34. The summed E-state index contributed by atoms with van der Waals surface area (Å²) in [5.41, 5.74) is 0. The number of nitrogens with zero attached hydrogens (tertiary/aromatic N) is 2. The third-order valence-electron chi connectivity index (χ3n) is 2.64. The van der Waals surface area contributed by atoms with E-state index in [1.54, 1.807) is 17.1 Å².